The minimum Gasteiger partial charge on any atom is -0.497 e. The maximum Gasteiger partial charge on any atom is 0.269 e. The minimum atomic E-state index is -0.455. The number of hydrazone groups is 1. The predicted molar refractivity (Wildman–Crippen MR) is 107 cm³/mol. The van der Waals surface area contributed by atoms with Gasteiger partial charge in [0, 0.05) is 28.8 Å². The number of halogens is 1. The highest BCUT2D eigenvalue weighted by Gasteiger charge is 2.19. The van der Waals surface area contributed by atoms with Gasteiger partial charge in [0.15, 0.2) is 5.84 Å². The van der Waals surface area contributed by atoms with Crippen LogP contribution in [0.5, 0.6) is 5.75 Å². The van der Waals surface area contributed by atoms with Crippen LogP contribution in [0.25, 0.3) is 0 Å². The Morgan fingerprint density at radius 2 is 1.69 bits per heavy atom. The van der Waals surface area contributed by atoms with Gasteiger partial charge < -0.3 is 4.74 Å². The second kappa shape index (κ2) is 7.51. The van der Waals surface area contributed by atoms with Gasteiger partial charge in [-0.15, -0.1) is 0 Å². The molecule has 4 rings (SSSR count). The van der Waals surface area contributed by atoms with E-state index in [9.17, 15) is 14.5 Å². The standard InChI is InChI=1S/C21H15FN4O3/c1-29-17-10-11-19-18(12-17)20(13-4-8-16(9-5-13)26(27)28)24-25-21(23-19)14-2-6-15(22)7-3-14/h2-12H,1H3,(H,23,25). The zero-order chi connectivity index (χ0) is 20.4. The Morgan fingerprint density at radius 1 is 1.00 bits per heavy atom. The fourth-order valence-electron chi connectivity index (χ4n) is 2.94. The smallest absolute Gasteiger partial charge is 0.269 e. The number of aliphatic imine (C=N–C) groups is 1. The van der Waals surface area contributed by atoms with Crippen LogP contribution >= 0.6 is 0 Å². The van der Waals surface area contributed by atoms with Gasteiger partial charge in [-0.1, -0.05) is 0 Å². The van der Waals surface area contributed by atoms with Gasteiger partial charge in [0.2, 0.25) is 0 Å². The van der Waals surface area contributed by atoms with E-state index in [1.54, 1.807) is 49.6 Å². The largest absolute Gasteiger partial charge is 0.497 e. The number of rotatable bonds is 4. The van der Waals surface area contributed by atoms with Crippen molar-refractivity contribution < 1.29 is 14.1 Å². The number of nitro benzene ring substituents is 1. The predicted octanol–water partition coefficient (Wildman–Crippen LogP) is 4.18. The van der Waals surface area contributed by atoms with E-state index in [1.165, 1.54) is 24.3 Å². The number of benzene rings is 3. The van der Waals surface area contributed by atoms with Crippen molar-refractivity contribution in [1.29, 1.82) is 0 Å². The molecule has 1 aliphatic rings. The molecule has 144 valence electrons. The Hall–Kier alpha value is -4.07. The number of amidine groups is 1. The molecule has 0 bridgehead atoms. The van der Waals surface area contributed by atoms with Crippen LogP contribution in [0, 0.1) is 15.9 Å². The van der Waals surface area contributed by atoms with E-state index in [-0.39, 0.29) is 11.5 Å². The second-order valence-corrected chi connectivity index (χ2v) is 6.23. The molecule has 7 nitrogen and oxygen atoms in total. The van der Waals surface area contributed by atoms with Gasteiger partial charge in [0.25, 0.3) is 5.69 Å². The molecule has 0 saturated carbocycles. The van der Waals surface area contributed by atoms with E-state index in [0.717, 1.165) is 0 Å². The molecule has 0 fully saturated rings. The number of non-ortho nitro benzene ring substituents is 1. The summed E-state index contributed by atoms with van der Waals surface area (Å²) in [6.45, 7) is 0. The molecule has 0 radical (unpaired) electrons. The molecule has 8 heteroatoms. The van der Waals surface area contributed by atoms with Gasteiger partial charge >= 0.3 is 0 Å². The molecule has 0 saturated heterocycles. The van der Waals surface area contributed by atoms with Crippen LogP contribution in [0.3, 0.4) is 0 Å². The summed E-state index contributed by atoms with van der Waals surface area (Å²) < 4.78 is 18.6. The summed E-state index contributed by atoms with van der Waals surface area (Å²) in [6.07, 6.45) is 0. The highest BCUT2D eigenvalue weighted by Crippen LogP contribution is 2.30. The summed E-state index contributed by atoms with van der Waals surface area (Å²) in [5.74, 6) is 0.732. The number of hydrogen-bond acceptors (Lipinski definition) is 6. The van der Waals surface area contributed by atoms with Crippen molar-refractivity contribution in [2.45, 2.75) is 0 Å². The zero-order valence-corrected chi connectivity index (χ0v) is 15.3. The summed E-state index contributed by atoms with van der Waals surface area (Å²) in [5, 5.41) is 15.4. The number of ether oxygens (including phenoxy) is 1. The van der Waals surface area contributed by atoms with Crippen LogP contribution in [0.1, 0.15) is 16.7 Å². The van der Waals surface area contributed by atoms with E-state index in [1.807, 2.05) is 0 Å². The summed E-state index contributed by atoms with van der Waals surface area (Å²) in [6, 6.07) is 17.4. The van der Waals surface area contributed by atoms with Crippen molar-refractivity contribution >= 4 is 22.9 Å². The number of nitro groups is 1. The SMILES string of the molecule is COc1ccc2c(c1)C(c1ccc([N+](=O)[O-])cc1)=NNC(c1ccc(F)cc1)=N2. The number of nitrogens with zero attached hydrogens (tertiary/aromatic N) is 3. The highest BCUT2D eigenvalue weighted by atomic mass is 19.1. The molecular formula is C21H15FN4O3. The zero-order valence-electron chi connectivity index (χ0n) is 15.3. The monoisotopic (exact) mass is 390 g/mol. The minimum absolute atomic E-state index is 0.00921. The normalized spacial score (nSPS) is 12.8. The molecule has 0 atom stereocenters. The third kappa shape index (κ3) is 3.68. The topological polar surface area (TPSA) is 89.1 Å². The van der Waals surface area contributed by atoms with E-state index in [4.69, 9.17) is 4.74 Å². The molecule has 1 heterocycles. The van der Waals surface area contributed by atoms with Crippen LogP contribution in [-0.2, 0) is 0 Å². The average Bonchev–Trinajstić information content (AvgIpc) is 2.93. The van der Waals surface area contributed by atoms with Crippen LogP contribution in [0.2, 0.25) is 0 Å². The molecule has 0 aromatic heterocycles. The first-order chi connectivity index (χ1) is 14.0. The molecule has 0 unspecified atom stereocenters. The van der Waals surface area contributed by atoms with Gasteiger partial charge in [-0.05, 0) is 54.6 Å². The lowest BCUT2D eigenvalue weighted by Gasteiger charge is -2.09. The van der Waals surface area contributed by atoms with E-state index < -0.39 is 4.92 Å². The number of hydrogen-bond donors (Lipinski definition) is 1. The van der Waals surface area contributed by atoms with E-state index in [2.05, 4.69) is 15.5 Å². The fraction of sp³-hybridized carbons (Fsp3) is 0.0476. The molecular weight excluding hydrogens is 375 g/mol. The van der Waals surface area contributed by atoms with Crippen molar-refractivity contribution in [2.75, 3.05) is 7.11 Å². The van der Waals surface area contributed by atoms with Gasteiger partial charge in [0.05, 0.1) is 17.7 Å². The van der Waals surface area contributed by atoms with Crippen molar-refractivity contribution in [2.24, 2.45) is 10.1 Å². The molecule has 0 spiro atoms. The lowest BCUT2D eigenvalue weighted by atomic mass is 10.00. The van der Waals surface area contributed by atoms with Gasteiger partial charge in [-0.25, -0.2) is 9.38 Å². The number of methoxy groups -OCH3 is 1. The molecule has 3 aromatic carbocycles. The summed E-state index contributed by atoms with van der Waals surface area (Å²) in [7, 11) is 1.56. The lowest BCUT2D eigenvalue weighted by Crippen LogP contribution is -2.19. The van der Waals surface area contributed by atoms with Crippen molar-refractivity contribution in [3.05, 3.63) is 99.4 Å². The third-order valence-electron chi connectivity index (χ3n) is 4.43. The molecule has 1 N–H and O–H groups in total. The first-order valence-electron chi connectivity index (χ1n) is 8.67. The molecule has 29 heavy (non-hydrogen) atoms. The highest BCUT2D eigenvalue weighted by molar-refractivity contribution is 6.18. The van der Waals surface area contributed by atoms with Crippen molar-refractivity contribution in [3.63, 3.8) is 0 Å². The Balaban J connectivity index is 1.83. The number of nitrogens with one attached hydrogen (secondary N) is 1. The van der Waals surface area contributed by atoms with Crippen molar-refractivity contribution in [3.8, 4) is 5.75 Å². The van der Waals surface area contributed by atoms with E-state index in [0.29, 0.717) is 39.7 Å². The molecule has 1 aliphatic heterocycles. The lowest BCUT2D eigenvalue weighted by molar-refractivity contribution is -0.384. The van der Waals surface area contributed by atoms with Gasteiger partial charge in [-0.2, -0.15) is 5.10 Å². The number of fused-ring (bicyclic) bond motifs is 1. The van der Waals surface area contributed by atoms with Crippen LogP contribution in [0.4, 0.5) is 15.8 Å². The Labute approximate surface area is 165 Å². The average molecular weight is 390 g/mol. The maximum atomic E-state index is 13.3. The van der Waals surface area contributed by atoms with Crippen LogP contribution < -0.4 is 10.2 Å². The quantitative estimate of drug-likeness (QED) is 0.535. The summed E-state index contributed by atoms with van der Waals surface area (Å²) in [4.78, 5) is 15.1. The van der Waals surface area contributed by atoms with E-state index >= 15 is 0 Å². The van der Waals surface area contributed by atoms with Crippen LogP contribution in [-0.4, -0.2) is 23.6 Å². The maximum absolute atomic E-state index is 13.3. The Kier molecular flexibility index (Phi) is 4.74. The van der Waals surface area contributed by atoms with Gasteiger partial charge in [0.1, 0.15) is 17.3 Å². The molecule has 0 amide bonds. The first kappa shape index (κ1) is 18.3. The van der Waals surface area contributed by atoms with Crippen molar-refractivity contribution in [1.82, 2.24) is 5.43 Å². The summed E-state index contributed by atoms with van der Waals surface area (Å²) >= 11 is 0. The second-order valence-electron chi connectivity index (χ2n) is 6.23. The van der Waals surface area contributed by atoms with Crippen LogP contribution in [0.15, 0.2) is 76.8 Å². The third-order valence-corrected chi connectivity index (χ3v) is 4.43. The fourth-order valence-corrected chi connectivity index (χ4v) is 2.94. The summed E-state index contributed by atoms with van der Waals surface area (Å²) in [5.41, 5.74) is 6.14. The Bertz CT molecular complexity index is 1140. The van der Waals surface area contributed by atoms with Gasteiger partial charge in [-0.3, -0.25) is 15.5 Å². The first-order valence-corrected chi connectivity index (χ1v) is 8.67. The molecule has 3 aromatic rings. The molecule has 0 aliphatic carbocycles. The Morgan fingerprint density at radius 3 is 2.34 bits per heavy atom.